The van der Waals surface area contributed by atoms with E-state index in [1.54, 1.807) is 0 Å². The van der Waals surface area contributed by atoms with Gasteiger partial charge in [0.1, 0.15) is 19.3 Å². The van der Waals surface area contributed by atoms with E-state index in [4.69, 9.17) is 37.0 Å². The van der Waals surface area contributed by atoms with Gasteiger partial charge >= 0.3 is 39.5 Å². The van der Waals surface area contributed by atoms with Crippen molar-refractivity contribution < 1.29 is 80.2 Å². The molecule has 19 heteroatoms. The van der Waals surface area contributed by atoms with Crippen LogP contribution in [0.5, 0.6) is 0 Å². The first kappa shape index (κ1) is 81.1. The van der Waals surface area contributed by atoms with Gasteiger partial charge < -0.3 is 33.8 Å². The molecule has 0 fully saturated rings. The summed E-state index contributed by atoms with van der Waals surface area (Å²) in [4.78, 5) is 72.1. The van der Waals surface area contributed by atoms with E-state index in [1.807, 2.05) is 0 Å². The molecule has 0 saturated heterocycles. The predicted molar refractivity (Wildman–Crippen MR) is 331 cm³/mol. The van der Waals surface area contributed by atoms with Crippen LogP contribution in [0.3, 0.4) is 0 Å². The van der Waals surface area contributed by atoms with Crippen molar-refractivity contribution in [1.82, 2.24) is 0 Å². The molecule has 0 aliphatic rings. The standard InChI is InChI=1S/C64H124O17P2/c1-6-9-12-15-18-21-22-23-24-29-33-38-43-48-62(67)75-54-60(81-64(69)50-45-40-35-30-26-25-28-31-36-41-46-57(4)5)56-79-83(72,73)77-52-58(65)51-76-82(70,71)78-55-59(53-74-61(66)47-42-37-32-20-17-14-11-8-3)80-63(68)49-44-39-34-27-19-16-13-10-7-2/h57-60,65H,6-56H2,1-5H3,(H,70,71)(H,72,73)/t58-,59+,60+/m0/s1. The molecule has 5 atom stereocenters. The molecule has 0 aromatic heterocycles. The molecule has 0 bridgehead atoms. The zero-order valence-corrected chi connectivity index (χ0v) is 55.1. The lowest BCUT2D eigenvalue weighted by Crippen LogP contribution is -2.30. The van der Waals surface area contributed by atoms with Crippen LogP contribution in [0.15, 0.2) is 0 Å². The highest BCUT2D eigenvalue weighted by molar-refractivity contribution is 7.47. The van der Waals surface area contributed by atoms with Crippen LogP contribution < -0.4 is 0 Å². The lowest BCUT2D eigenvalue weighted by Gasteiger charge is -2.21. The molecule has 0 amide bonds. The Labute approximate surface area is 505 Å². The van der Waals surface area contributed by atoms with Crippen molar-refractivity contribution in [3.8, 4) is 0 Å². The molecule has 0 aliphatic carbocycles. The zero-order chi connectivity index (χ0) is 61.3. The summed E-state index contributed by atoms with van der Waals surface area (Å²) in [5.41, 5.74) is 0. The van der Waals surface area contributed by atoms with E-state index >= 15 is 0 Å². The molecule has 0 radical (unpaired) electrons. The van der Waals surface area contributed by atoms with Crippen LogP contribution in [0.2, 0.25) is 0 Å². The number of phosphoric ester groups is 2. The van der Waals surface area contributed by atoms with Gasteiger partial charge in [0.15, 0.2) is 12.2 Å². The minimum atomic E-state index is -4.94. The number of hydrogen-bond acceptors (Lipinski definition) is 15. The lowest BCUT2D eigenvalue weighted by atomic mass is 10.0. The van der Waals surface area contributed by atoms with Crippen molar-refractivity contribution in [1.29, 1.82) is 0 Å². The van der Waals surface area contributed by atoms with Gasteiger partial charge in [-0.05, 0) is 31.6 Å². The Bertz CT molecular complexity index is 1620. The van der Waals surface area contributed by atoms with Gasteiger partial charge in [-0.15, -0.1) is 0 Å². The highest BCUT2D eigenvalue weighted by atomic mass is 31.2. The van der Waals surface area contributed by atoms with E-state index in [0.717, 1.165) is 102 Å². The molecule has 0 aromatic carbocycles. The smallest absolute Gasteiger partial charge is 0.462 e. The third kappa shape index (κ3) is 58.8. The maximum atomic E-state index is 13.0. The predicted octanol–water partition coefficient (Wildman–Crippen LogP) is 17.8. The Kier molecular flexibility index (Phi) is 56.4. The molecule has 492 valence electrons. The van der Waals surface area contributed by atoms with E-state index in [-0.39, 0.29) is 25.7 Å². The number of aliphatic hydroxyl groups excluding tert-OH is 1. The van der Waals surface area contributed by atoms with Crippen molar-refractivity contribution in [2.75, 3.05) is 39.6 Å². The van der Waals surface area contributed by atoms with Crippen LogP contribution in [0.4, 0.5) is 0 Å². The van der Waals surface area contributed by atoms with Gasteiger partial charge in [0.2, 0.25) is 0 Å². The van der Waals surface area contributed by atoms with E-state index in [1.165, 1.54) is 141 Å². The Morgan fingerprint density at radius 3 is 0.819 bits per heavy atom. The van der Waals surface area contributed by atoms with Crippen LogP contribution >= 0.6 is 15.6 Å². The highest BCUT2D eigenvalue weighted by Crippen LogP contribution is 2.45. The number of carbonyl (C=O) groups is 4. The van der Waals surface area contributed by atoms with Crippen LogP contribution in [0.25, 0.3) is 0 Å². The van der Waals surface area contributed by atoms with Crippen molar-refractivity contribution in [3.63, 3.8) is 0 Å². The summed E-state index contributed by atoms with van der Waals surface area (Å²) in [5, 5.41) is 10.5. The van der Waals surface area contributed by atoms with Crippen molar-refractivity contribution in [2.24, 2.45) is 5.92 Å². The average Bonchev–Trinajstić information content (AvgIpc) is 3.46. The molecule has 0 rings (SSSR count). The molecule has 0 aromatic rings. The molecule has 3 N–H and O–H groups in total. The fourth-order valence-electron chi connectivity index (χ4n) is 9.58. The van der Waals surface area contributed by atoms with Gasteiger partial charge in [-0.2, -0.15) is 0 Å². The second-order valence-corrected chi connectivity index (χ2v) is 26.5. The van der Waals surface area contributed by atoms with E-state index < -0.39 is 97.5 Å². The lowest BCUT2D eigenvalue weighted by molar-refractivity contribution is -0.161. The molecular formula is C64H124O17P2. The third-order valence-electron chi connectivity index (χ3n) is 14.8. The fraction of sp³-hybridized carbons (Fsp3) is 0.938. The Morgan fingerprint density at radius 1 is 0.325 bits per heavy atom. The van der Waals surface area contributed by atoms with Crippen molar-refractivity contribution in [3.05, 3.63) is 0 Å². The summed E-state index contributed by atoms with van der Waals surface area (Å²) in [6, 6.07) is 0. The van der Waals surface area contributed by atoms with Gasteiger partial charge in [0.25, 0.3) is 0 Å². The first-order valence-electron chi connectivity index (χ1n) is 33.6. The summed E-state index contributed by atoms with van der Waals surface area (Å²) in [7, 11) is -9.88. The van der Waals surface area contributed by atoms with Crippen molar-refractivity contribution >= 4 is 39.5 Å². The van der Waals surface area contributed by atoms with Gasteiger partial charge in [0, 0.05) is 25.7 Å². The number of carbonyl (C=O) groups excluding carboxylic acids is 4. The van der Waals surface area contributed by atoms with Gasteiger partial charge in [-0.3, -0.25) is 37.3 Å². The Morgan fingerprint density at radius 2 is 0.554 bits per heavy atom. The molecule has 0 heterocycles. The first-order chi connectivity index (χ1) is 40.0. The second kappa shape index (κ2) is 57.8. The quantitative estimate of drug-likeness (QED) is 0.0222. The Hall–Kier alpha value is -1.94. The number of esters is 4. The first-order valence-corrected chi connectivity index (χ1v) is 36.6. The number of rotatable bonds is 64. The number of aliphatic hydroxyl groups is 1. The molecular weight excluding hydrogens is 1100 g/mol. The van der Waals surface area contributed by atoms with Gasteiger partial charge in [-0.1, -0.05) is 272 Å². The maximum absolute atomic E-state index is 13.0. The summed E-state index contributed by atoms with van der Waals surface area (Å²) in [6.45, 7) is 7.15. The summed E-state index contributed by atoms with van der Waals surface area (Å²) < 4.78 is 67.9. The van der Waals surface area contributed by atoms with Crippen LogP contribution in [-0.4, -0.2) is 96.7 Å². The molecule has 2 unspecified atom stereocenters. The average molecular weight is 1230 g/mol. The minimum absolute atomic E-state index is 0.106. The van der Waals surface area contributed by atoms with Gasteiger partial charge in [0.05, 0.1) is 26.4 Å². The monoisotopic (exact) mass is 1230 g/mol. The normalized spacial score (nSPS) is 14.2. The molecule has 17 nitrogen and oxygen atoms in total. The highest BCUT2D eigenvalue weighted by Gasteiger charge is 2.30. The minimum Gasteiger partial charge on any atom is -0.462 e. The fourth-order valence-corrected chi connectivity index (χ4v) is 11.2. The van der Waals surface area contributed by atoms with E-state index in [9.17, 15) is 43.2 Å². The van der Waals surface area contributed by atoms with Crippen molar-refractivity contribution in [2.45, 2.75) is 342 Å². The number of hydrogen-bond donors (Lipinski definition) is 3. The summed E-state index contributed by atoms with van der Waals surface area (Å²) in [6.07, 6.45) is 41.7. The second-order valence-electron chi connectivity index (χ2n) is 23.6. The number of phosphoric acid groups is 2. The number of ether oxygens (including phenoxy) is 4. The Balaban J connectivity index is 5.22. The molecule has 0 spiro atoms. The molecule has 0 saturated carbocycles. The van der Waals surface area contributed by atoms with E-state index in [0.29, 0.717) is 25.7 Å². The summed E-state index contributed by atoms with van der Waals surface area (Å²) in [5.74, 6) is -1.38. The zero-order valence-electron chi connectivity index (χ0n) is 53.3. The van der Waals surface area contributed by atoms with E-state index in [2.05, 4.69) is 34.6 Å². The third-order valence-corrected chi connectivity index (χ3v) is 16.7. The van der Waals surface area contributed by atoms with Crippen LogP contribution in [0, 0.1) is 5.92 Å². The molecule has 0 aliphatic heterocycles. The SMILES string of the molecule is CCCCCCCCCCCCCCCC(=O)OC[C@H](COP(=O)(O)OC[C@@H](O)COP(=O)(O)OC[C@@H](COC(=O)CCCCCCCCCC)OC(=O)CCCCCCCCCCC)OC(=O)CCCCCCCCCCCCC(C)C. The van der Waals surface area contributed by atoms with Crippen LogP contribution in [0.1, 0.15) is 324 Å². The molecule has 83 heavy (non-hydrogen) atoms. The van der Waals surface area contributed by atoms with Gasteiger partial charge in [-0.25, -0.2) is 9.13 Å². The number of unbranched alkanes of at least 4 members (excludes halogenated alkanes) is 36. The van der Waals surface area contributed by atoms with Crippen LogP contribution in [-0.2, 0) is 65.4 Å². The maximum Gasteiger partial charge on any atom is 0.472 e. The topological polar surface area (TPSA) is 237 Å². The largest absolute Gasteiger partial charge is 0.472 e. The summed E-state index contributed by atoms with van der Waals surface area (Å²) >= 11 is 0.